The van der Waals surface area contributed by atoms with E-state index >= 15 is 0 Å². The summed E-state index contributed by atoms with van der Waals surface area (Å²) in [6.07, 6.45) is 9.07. The molecule has 3 nitrogen and oxygen atoms in total. The van der Waals surface area contributed by atoms with Crippen LogP contribution >= 0.6 is 0 Å². The van der Waals surface area contributed by atoms with Crippen LogP contribution in [0, 0.1) is 0 Å². The van der Waals surface area contributed by atoms with Gasteiger partial charge in [-0.15, -0.1) is 0 Å². The molecule has 0 saturated heterocycles. The quantitative estimate of drug-likeness (QED) is 0.770. The number of nitrogens with zero attached hydrogens (tertiary/aromatic N) is 2. The number of benzene rings is 2. The number of imidazole rings is 1. The molecule has 1 fully saturated rings. The minimum Gasteiger partial charge on any atom is -0.353 e. The highest BCUT2D eigenvalue weighted by molar-refractivity contribution is 5.90. The van der Waals surface area contributed by atoms with Gasteiger partial charge in [-0.2, -0.15) is 0 Å². The van der Waals surface area contributed by atoms with E-state index in [-0.39, 0.29) is 0 Å². The molecule has 0 radical (unpaired) electrons. The van der Waals surface area contributed by atoms with Gasteiger partial charge in [-0.1, -0.05) is 49.2 Å². The summed E-state index contributed by atoms with van der Waals surface area (Å²) in [7, 11) is 0. The molecule has 3 heteroatoms. The molecule has 106 valence electrons. The topological polar surface area (TPSA) is 29.9 Å². The van der Waals surface area contributed by atoms with Crippen molar-refractivity contribution in [3.05, 3.63) is 54.9 Å². The number of hydrogen-bond acceptors (Lipinski definition) is 2. The second kappa shape index (κ2) is 5.24. The standard InChI is InChI=1S/C18H19N3/c1-4-10-16-14(6-1)7-5-11-17(16)21-13-12-19-18(21)20-15-8-2-3-9-15/h1,4-7,10-13,15H,2-3,8-9H2,(H,19,20). The third-order valence-corrected chi connectivity index (χ3v) is 4.36. The fraction of sp³-hybridized carbons (Fsp3) is 0.278. The Morgan fingerprint density at radius 1 is 1.00 bits per heavy atom. The normalized spacial score (nSPS) is 15.6. The summed E-state index contributed by atoms with van der Waals surface area (Å²) in [5.74, 6) is 0.957. The zero-order valence-electron chi connectivity index (χ0n) is 12.0. The first-order valence-electron chi connectivity index (χ1n) is 7.70. The summed E-state index contributed by atoms with van der Waals surface area (Å²) in [5, 5.41) is 6.12. The molecule has 4 rings (SSSR count). The van der Waals surface area contributed by atoms with Crippen molar-refractivity contribution in [3.8, 4) is 5.69 Å². The van der Waals surface area contributed by atoms with Crippen molar-refractivity contribution in [2.24, 2.45) is 0 Å². The van der Waals surface area contributed by atoms with Gasteiger partial charge in [0.15, 0.2) is 0 Å². The van der Waals surface area contributed by atoms with Crippen LogP contribution in [0.25, 0.3) is 16.5 Å². The Labute approximate surface area is 124 Å². The SMILES string of the molecule is c1ccc2c(-n3ccnc3NC3CCCC3)cccc2c1. The minimum absolute atomic E-state index is 0.570. The Kier molecular flexibility index (Phi) is 3.11. The first kappa shape index (κ1) is 12.5. The minimum atomic E-state index is 0.570. The maximum absolute atomic E-state index is 4.51. The molecule has 0 aliphatic heterocycles. The molecular formula is C18H19N3. The molecule has 21 heavy (non-hydrogen) atoms. The highest BCUT2D eigenvalue weighted by atomic mass is 15.2. The summed E-state index contributed by atoms with van der Waals surface area (Å²) >= 11 is 0. The molecule has 0 spiro atoms. The zero-order chi connectivity index (χ0) is 14.1. The molecule has 1 aliphatic carbocycles. The Hall–Kier alpha value is -2.29. The molecular weight excluding hydrogens is 258 g/mol. The van der Waals surface area contributed by atoms with Crippen LogP contribution in [-0.2, 0) is 0 Å². The van der Waals surface area contributed by atoms with Gasteiger partial charge in [-0.05, 0) is 24.3 Å². The Morgan fingerprint density at radius 3 is 2.71 bits per heavy atom. The van der Waals surface area contributed by atoms with Crippen molar-refractivity contribution in [3.63, 3.8) is 0 Å². The van der Waals surface area contributed by atoms with E-state index in [4.69, 9.17) is 0 Å². The lowest BCUT2D eigenvalue weighted by molar-refractivity contribution is 0.741. The number of nitrogens with one attached hydrogen (secondary N) is 1. The largest absolute Gasteiger partial charge is 0.353 e. The third-order valence-electron chi connectivity index (χ3n) is 4.36. The van der Waals surface area contributed by atoms with E-state index in [0.717, 1.165) is 5.95 Å². The van der Waals surface area contributed by atoms with Gasteiger partial charge in [0.25, 0.3) is 0 Å². The summed E-state index contributed by atoms with van der Waals surface area (Å²) in [4.78, 5) is 4.51. The molecule has 0 unspecified atom stereocenters. The first-order valence-corrected chi connectivity index (χ1v) is 7.70. The van der Waals surface area contributed by atoms with Gasteiger partial charge in [0.2, 0.25) is 5.95 Å². The smallest absolute Gasteiger partial charge is 0.207 e. The van der Waals surface area contributed by atoms with Gasteiger partial charge in [-0.3, -0.25) is 4.57 Å². The number of fused-ring (bicyclic) bond motifs is 1. The maximum Gasteiger partial charge on any atom is 0.207 e. The highest BCUT2D eigenvalue weighted by Crippen LogP contribution is 2.26. The van der Waals surface area contributed by atoms with Crippen molar-refractivity contribution in [1.82, 2.24) is 9.55 Å². The van der Waals surface area contributed by atoms with E-state index in [1.54, 1.807) is 0 Å². The van der Waals surface area contributed by atoms with Crippen LogP contribution in [0.2, 0.25) is 0 Å². The molecule has 2 aromatic carbocycles. The monoisotopic (exact) mass is 277 g/mol. The van der Waals surface area contributed by atoms with Gasteiger partial charge in [0, 0.05) is 23.8 Å². The van der Waals surface area contributed by atoms with Crippen molar-refractivity contribution in [2.75, 3.05) is 5.32 Å². The molecule has 1 saturated carbocycles. The van der Waals surface area contributed by atoms with E-state index in [1.165, 1.54) is 42.1 Å². The van der Waals surface area contributed by atoms with Crippen molar-refractivity contribution in [2.45, 2.75) is 31.7 Å². The van der Waals surface area contributed by atoms with Crippen molar-refractivity contribution in [1.29, 1.82) is 0 Å². The van der Waals surface area contributed by atoms with E-state index in [9.17, 15) is 0 Å². The number of aromatic nitrogens is 2. The summed E-state index contributed by atoms with van der Waals surface area (Å²) in [6.45, 7) is 0. The lowest BCUT2D eigenvalue weighted by Crippen LogP contribution is -2.17. The van der Waals surface area contributed by atoms with E-state index in [2.05, 4.69) is 57.3 Å². The third kappa shape index (κ3) is 2.29. The lowest BCUT2D eigenvalue weighted by Gasteiger charge is -2.16. The molecule has 0 amide bonds. The van der Waals surface area contributed by atoms with Gasteiger partial charge in [0.1, 0.15) is 0 Å². The molecule has 3 aromatic rings. The molecule has 0 bridgehead atoms. The Balaban J connectivity index is 1.77. The van der Waals surface area contributed by atoms with Crippen LogP contribution < -0.4 is 5.32 Å². The predicted molar refractivity (Wildman–Crippen MR) is 86.9 cm³/mol. The number of rotatable bonds is 3. The molecule has 1 aliphatic rings. The zero-order valence-corrected chi connectivity index (χ0v) is 12.0. The summed E-state index contributed by atoms with van der Waals surface area (Å²) in [6, 6.07) is 15.5. The van der Waals surface area contributed by atoms with Crippen LogP contribution in [0.3, 0.4) is 0 Å². The van der Waals surface area contributed by atoms with Crippen LogP contribution in [0.1, 0.15) is 25.7 Å². The fourth-order valence-electron chi connectivity index (χ4n) is 3.28. The summed E-state index contributed by atoms with van der Waals surface area (Å²) in [5.41, 5.74) is 1.19. The van der Waals surface area contributed by atoms with Gasteiger partial charge < -0.3 is 5.32 Å². The van der Waals surface area contributed by atoms with E-state index in [1.807, 2.05) is 12.4 Å². The number of anilines is 1. The highest BCUT2D eigenvalue weighted by Gasteiger charge is 2.17. The van der Waals surface area contributed by atoms with Gasteiger partial charge in [0.05, 0.1) is 5.69 Å². The lowest BCUT2D eigenvalue weighted by atomic mass is 10.1. The van der Waals surface area contributed by atoms with Crippen LogP contribution in [0.5, 0.6) is 0 Å². The second-order valence-electron chi connectivity index (χ2n) is 5.74. The predicted octanol–water partition coefficient (Wildman–Crippen LogP) is 4.38. The van der Waals surface area contributed by atoms with Crippen LogP contribution in [0.4, 0.5) is 5.95 Å². The molecule has 1 N–H and O–H groups in total. The molecule has 0 atom stereocenters. The average Bonchev–Trinajstić information content (AvgIpc) is 3.19. The summed E-state index contributed by atoms with van der Waals surface area (Å²) < 4.78 is 2.17. The second-order valence-corrected chi connectivity index (χ2v) is 5.74. The Bertz CT molecular complexity index is 749. The van der Waals surface area contributed by atoms with Gasteiger partial charge >= 0.3 is 0 Å². The average molecular weight is 277 g/mol. The van der Waals surface area contributed by atoms with Crippen molar-refractivity contribution >= 4 is 16.7 Å². The first-order chi connectivity index (χ1) is 10.4. The van der Waals surface area contributed by atoms with E-state index < -0.39 is 0 Å². The van der Waals surface area contributed by atoms with Gasteiger partial charge in [-0.25, -0.2) is 4.98 Å². The molecule has 1 heterocycles. The fourth-order valence-corrected chi connectivity index (χ4v) is 3.28. The number of hydrogen-bond donors (Lipinski definition) is 1. The Morgan fingerprint density at radius 2 is 1.81 bits per heavy atom. The van der Waals surface area contributed by atoms with Crippen LogP contribution in [-0.4, -0.2) is 15.6 Å². The van der Waals surface area contributed by atoms with E-state index in [0.29, 0.717) is 6.04 Å². The maximum atomic E-state index is 4.51. The van der Waals surface area contributed by atoms with Crippen molar-refractivity contribution < 1.29 is 0 Å². The molecule has 1 aromatic heterocycles. The van der Waals surface area contributed by atoms with Crippen LogP contribution in [0.15, 0.2) is 54.9 Å².